The smallest absolute Gasteiger partial charge is 0.291 e. The molecule has 0 saturated carbocycles. The highest BCUT2D eigenvalue weighted by molar-refractivity contribution is 5.90. The summed E-state index contributed by atoms with van der Waals surface area (Å²) in [6.45, 7) is 4.13. The summed E-state index contributed by atoms with van der Waals surface area (Å²) in [5, 5.41) is 7.04. The van der Waals surface area contributed by atoms with Crippen molar-refractivity contribution in [3.05, 3.63) is 77.6 Å². The molecule has 3 aromatic rings. The summed E-state index contributed by atoms with van der Waals surface area (Å²) in [7, 11) is 0. The molecular formula is C20H22FN5O. The van der Waals surface area contributed by atoms with E-state index in [4.69, 9.17) is 5.73 Å². The lowest BCUT2D eigenvalue weighted by molar-refractivity contribution is 0.0941. The Balaban J connectivity index is 1.78. The van der Waals surface area contributed by atoms with E-state index in [2.05, 4.69) is 15.4 Å². The highest BCUT2D eigenvalue weighted by Gasteiger charge is 2.20. The van der Waals surface area contributed by atoms with Gasteiger partial charge >= 0.3 is 0 Å². The molecule has 0 bridgehead atoms. The largest absolute Gasteiger partial charge is 0.347 e. The molecule has 0 radical (unpaired) electrons. The van der Waals surface area contributed by atoms with Gasteiger partial charge in [0.2, 0.25) is 5.82 Å². The summed E-state index contributed by atoms with van der Waals surface area (Å²) >= 11 is 0. The SMILES string of the molecule is CC(C)c1nc(C(=O)NCC(N)c2ccccc2)nn1-c1cccc(F)c1. The molecule has 140 valence electrons. The summed E-state index contributed by atoms with van der Waals surface area (Å²) in [4.78, 5) is 16.8. The minimum Gasteiger partial charge on any atom is -0.347 e. The van der Waals surface area contributed by atoms with Crippen LogP contribution in [0.2, 0.25) is 0 Å². The number of amides is 1. The second-order valence-corrected chi connectivity index (χ2v) is 6.57. The summed E-state index contributed by atoms with van der Waals surface area (Å²) in [5.74, 6) is -0.175. The van der Waals surface area contributed by atoms with Crippen LogP contribution in [0, 0.1) is 5.82 Å². The van der Waals surface area contributed by atoms with Crippen LogP contribution in [0.4, 0.5) is 4.39 Å². The standard InChI is InChI=1S/C20H22FN5O/c1-13(2)19-24-18(25-26(19)16-10-6-9-15(21)11-16)20(27)23-12-17(22)14-7-4-3-5-8-14/h3-11,13,17H,12,22H2,1-2H3,(H,23,27). The minimum atomic E-state index is -0.418. The second kappa shape index (κ2) is 8.09. The number of aromatic nitrogens is 3. The normalized spacial score (nSPS) is 12.2. The Labute approximate surface area is 157 Å². The first kappa shape index (κ1) is 18.7. The van der Waals surface area contributed by atoms with Crippen molar-refractivity contribution >= 4 is 5.91 Å². The number of hydrogen-bond donors (Lipinski definition) is 2. The number of hydrogen-bond acceptors (Lipinski definition) is 4. The van der Waals surface area contributed by atoms with E-state index in [1.807, 2.05) is 44.2 Å². The number of halogens is 1. The fourth-order valence-corrected chi connectivity index (χ4v) is 2.69. The first-order valence-electron chi connectivity index (χ1n) is 8.77. The summed E-state index contributed by atoms with van der Waals surface area (Å²) < 4.78 is 15.1. The van der Waals surface area contributed by atoms with Crippen molar-refractivity contribution in [3.8, 4) is 5.69 Å². The fourth-order valence-electron chi connectivity index (χ4n) is 2.69. The molecule has 1 heterocycles. The van der Waals surface area contributed by atoms with Crippen LogP contribution in [0.25, 0.3) is 5.69 Å². The van der Waals surface area contributed by atoms with E-state index in [1.54, 1.807) is 12.1 Å². The number of nitrogens with zero attached hydrogens (tertiary/aromatic N) is 3. The highest BCUT2D eigenvalue weighted by Crippen LogP contribution is 2.18. The molecule has 6 nitrogen and oxygen atoms in total. The van der Waals surface area contributed by atoms with Crippen LogP contribution >= 0.6 is 0 Å². The minimum absolute atomic E-state index is 0.00823. The Hall–Kier alpha value is -3.06. The van der Waals surface area contributed by atoms with Gasteiger partial charge in [-0.05, 0) is 23.8 Å². The lowest BCUT2D eigenvalue weighted by atomic mass is 10.1. The monoisotopic (exact) mass is 367 g/mol. The molecule has 0 spiro atoms. The Morgan fingerprint density at radius 1 is 1.19 bits per heavy atom. The zero-order valence-electron chi connectivity index (χ0n) is 15.3. The molecule has 27 heavy (non-hydrogen) atoms. The molecule has 7 heteroatoms. The lowest BCUT2D eigenvalue weighted by Gasteiger charge is -2.12. The van der Waals surface area contributed by atoms with Crippen LogP contribution in [0.1, 0.15) is 47.8 Å². The van der Waals surface area contributed by atoms with Crippen molar-refractivity contribution in [1.82, 2.24) is 20.1 Å². The molecule has 0 aliphatic heterocycles. The number of nitrogens with two attached hydrogens (primary N) is 1. The van der Waals surface area contributed by atoms with Crippen molar-refractivity contribution in [1.29, 1.82) is 0 Å². The zero-order valence-corrected chi connectivity index (χ0v) is 15.3. The van der Waals surface area contributed by atoms with Crippen molar-refractivity contribution in [2.75, 3.05) is 6.54 Å². The lowest BCUT2D eigenvalue weighted by Crippen LogP contribution is -2.32. The molecule has 0 fully saturated rings. The van der Waals surface area contributed by atoms with Gasteiger partial charge in [0.1, 0.15) is 11.6 Å². The quantitative estimate of drug-likeness (QED) is 0.701. The van der Waals surface area contributed by atoms with Gasteiger partial charge in [0.25, 0.3) is 5.91 Å². The van der Waals surface area contributed by atoms with Crippen molar-refractivity contribution in [3.63, 3.8) is 0 Å². The first-order chi connectivity index (χ1) is 13.0. The van der Waals surface area contributed by atoms with E-state index in [1.165, 1.54) is 16.8 Å². The molecule has 3 rings (SSSR count). The van der Waals surface area contributed by atoms with E-state index in [0.29, 0.717) is 11.5 Å². The third kappa shape index (κ3) is 4.38. The average Bonchev–Trinajstić information content (AvgIpc) is 3.12. The third-order valence-electron chi connectivity index (χ3n) is 4.11. The number of nitrogens with one attached hydrogen (secondary N) is 1. The summed E-state index contributed by atoms with van der Waals surface area (Å²) in [5.41, 5.74) is 7.56. The molecule has 1 aromatic heterocycles. The zero-order chi connectivity index (χ0) is 19.4. The van der Waals surface area contributed by atoms with E-state index < -0.39 is 5.91 Å². The average molecular weight is 367 g/mol. The maximum absolute atomic E-state index is 13.6. The van der Waals surface area contributed by atoms with Crippen LogP contribution < -0.4 is 11.1 Å². The molecule has 1 unspecified atom stereocenters. The van der Waals surface area contributed by atoms with Gasteiger partial charge in [-0.3, -0.25) is 4.79 Å². The van der Waals surface area contributed by atoms with Crippen LogP contribution in [-0.4, -0.2) is 27.2 Å². The highest BCUT2D eigenvalue weighted by atomic mass is 19.1. The van der Waals surface area contributed by atoms with Gasteiger partial charge in [0, 0.05) is 18.5 Å². The molecule has 0 aliphatic rings. The van der Waals surface area contributed by atoms with Crippen molar-refractivity contribution in [2.45, 2.75) is 25.8 Å². The molecule has 3 N–H and O–H groups in total. The first-order valence-corrected chi connectivity index (χ1v) is 8.77. The van der Waals surface area contributed by atoms with Crippen molar-refractivity contribution in [2.24, 2.45) is 5.73 Å². The van der Waals surface area contributed by atoms with Gasteiger partial charge in [0.15, 0.2) is 0 Å². The number of benzene rings is 2. The molecule has 1 amide bonds. The molecular weight excluding hydrogens is 345 g/mol. The van der Waals surface area contributed by atoms with E-state index in [-0.39, 0.29) is 30.1 Å². The van der Waals surface area contributed by atoms with Gasteiger partial charge in [-0.25, -0.2) is 14.1 Å². The topological polar surface area (TPSA) is 85.8 Å². The Morgan fingerprint density at radius 2 is 1.93 bits per heavy atom. The van der Waals surface area contributed by atoms with Crippen LogP contribution in [0.5, 0.6) is 0 Å². The predicted octanol–water partition coefficient (Wildman–Crippen LogP) is 2.96. The van der Waals surface area contributed by atoms with Gasteiger partial charge < -0.3 is 11.1 Å². The van der Waals surface area contributed by atoms with Crippen LogP contribution in [-0.2, 0) is 0 Å². The predicted molar refractivity (Wildman–Crippen MR) is 101 cm³/mol. The fraction of sp³-hybridized carbons (Fsp3) is 0.250. The number of carbonyl (C=O) groups is 1. The second-order valence-electron chi connectivity index (χ2n) is 6.57. The Morgan fingerprint density at radius 3 is 2.59 bits per heavy atom. The van der Waals surface area contributed by atoms with Crippen molar-refractivity contribution < 1.29 is 9.18 Å². The van der Waals surface area contributed by atoms with E-state index in [9.17, 15) is 9.18 Å². The van der Waals surface area contributed by atoms with Gasteiger partial charge in [0.05, 0.1) is 5.69 Å². The number of carbonyl (C=O) groups excluding carboxylic acids is 1. The molecule has 2 aromatic carbocycles. The maximum atomic E-state index is 13.6. The van der Waals surface area contributed by atoms with Gasteiger partial charge in [-0.2, -0.15) is 0 Å². The number of rotatable bonds is 6. The van der Waals surface area contributed by atoms with Crippen LogP contribution in [0.3, 0.4) is 0 Å². The third-order valence-corrected chi connectivity index (χ3v) is 4.11. The Kier molecular flexibility index (Phi) is 5.61. The molecule has 0 aliphatic carbocycles. The summed E-state index contributed by atoms with van der Waals surface area (Å²) in [6, 6.07) is 15.2. The van der Waals surface area contributed by atoms with Gasteiger partial charge in [-0.1, -0.05) is 50.2 Å². The van der Waals surface area contributed by atoms with Crippen LogP contribution in [0.15, 0.2) is 54.6 Å². The van der Waals surface area contributed by atoms with E-state index >= 15 is 0 Å². The molecule has 1 atom stereocenters. The maximum Gasteiger partial charge on any atom is 0.291 e. The Bertz CT molecular complexity index is 923. The van der Waals surface area contributed by atoms with Gasteiger partial charge in [-0.15, -0.1) is 5.10 Å². The van der Waals surface area contributed by atoms with E-state index in [0.717, 1.165) is 5.56 Å². The molecule has 0 saturated heterocycles. The summed E-state index contributed by atoms with van der Waals surface area (Å²) in [6.07, 6.45) is 0.